The van der Waals surface area contributed by atoms with Crippen LogP contribution in [-0.2, 0) is 0 Å². The molecule has 0 spiro atoms. The van der Waals surface area contributed by atoms with E-state index in [9.17, 15) is 15.2 Å². The van der Waals surface area contributed by atoms with Gasteiger partial charge in [0.2, 0.25) is 5.69 Å². The van der Waals surface area contributed by atoms with Gasteiger partial charge in [-0.1, -0.05) is 12.1 Å². The van der Waals surface area contributed by atoms with E-state index in [2.05, 4.69) is 27.7 Å². The molecule has 1 aromatic heterocycles. The van der Waals surface area contributed by atoms with Crippen molar-refractivity contribution in [2.45, 2.75) is 27.7 Å². The van der Waals surface area contributed by atoms with E-state index in [-0.39, 0.29) is 11.4 Å². The van der Waals surface area contributed by atoms with Crippen LogP contribution >= 0.6 is 0 Å². The second-order valence-corrected chi connectivity index (χ2v) is 6.49. The zero-order valence-corrected chi connectivity index (χ0v) is 15.3. The van der Waals surface area contributed by atoms with Crippen molar-refractivity contribution in [3.63, 3.8) is 0 Å². The minimum atomic E-state index is -0.394. The third-order valence-electron chi connectivity index (χ3n) is 5.02. The van der Waals surface area contributed by atoms with E-state index in [0.717, 1.165) is 39.1 Å². The lowest BCUT2D eigenvalue weighted by Crippen LogP contribution is -2.32. The van der Waals surface area contributed by atoms with Crippen molar-refractivity contribution < 1.29 is 14.6 Å². The molecule has 0 bridgehead atoms. The number of nitrogens with zero attached hydrogens (tertiary/aromatic N) is 2. The van der Waals surface area contributed by atoms with Crippen molar-refractivity contribution in [1.82, 2.24) is 0 Å². The predicted molar refractivity (Wildman–Crippen MR) is 101 cm³/mol. The highest BCUT2D eigenvalue weighted by Gasteiger charge is 2.22. The Hall–Kier alpha value is -3.21. The molecule has 2 aromatic carbocycles. The number of nitro groups is 1. The molecule has 0 fully saturated rings. The first kappa shape index (κ1) is 17.6. The molecule has 0 aliphatic carbocycles. The van der Waals surface area contributed by atoms with Gasteiger partial charge in [0.05, 0.1) is 17.1 Å². The second kappa shape index (κ2) is 6.59. The molecule has 1 N–H and O–H groups in total. The molecule has 0 saturated carbocycles. The summed E-state index contributed by atoms with van der Waals surface area (Å²) in [5, 5.41) is 20.4. The van der Waals surface area contributed by atoms with Gasteiger partial charge >= 0.3 is 0 Å². The van der Waals surface area contributed by atoms with Crippen LogP contribution in [0.2, 0.25) is 0 Å². The van der Waals surface area contributed by atoms with Crippen molar-refractivity contribution in [3.8, 4) is 22.6 Å². The summed E-state index contributed by atoms with van der Waals surface area (Å²) in [7, 11) is 0. The first-order valence-corrected chi connectivity index (χ1v) is 8.37. The Bertz CT molecular complexity index is 962. The fraction of sp³-hybridized carbons (Fsp3) is 0.190. The van der Waals surface area contributed by atoms with Crippen LogP contribution < -0.4 is 4.57 Å². The van der Waals surface area contributed by atoms with Crippen LogP contribution in [0.25, 0.3) is 16.8 Å². The maximum absolute atomic E-state index is 10.9. The summed E-state index contributed by atoms with van der Waals surface area (Å²) in [6.07, 6.45) is 3.46. The maximum Gasteiger partial charge on any atom is 0.281 e. The van der Waals surface area contributed by atoms with Gasteiger partial charge in [0.15, 0.2) is 12.4 Å². The van der Waals surface area contributed by atoms with Gasteiger partial charge in [0.25, 0.3) is 5.69 Å². The lowest BCUT2D eigenvalue weighted by Gasteiger charge is -2.17. The number of pyridine rings is 1. The molecule has 0 aliphatic heterocycles. The number of hydrogen-bond donors (Lipinski definition) is 1. The summed E-state index contributed by atoms with van der Waals surface area (Å²) < 4.78 is 1.93. The van der Waals surface area contributed by atoms with Crippen molar-refractivity contribution in [2.24, 2.45) is 0 Å². The Morgan fingerprint density at radius 3 is 1.81 bits per heavy atom. The molecule has 132 valence electrons. The van der Waals surface area contributed by atoms with Crippen LogP contribution in [0.4, 0.5) is 5.69 Å². The molecule has 0 radical (unpaired) electrons. The molecule has 0 saturated heterocycles. The number of rotatable bonds is 3. The summed E-state index contributed by atoms with van der Waals surface area (Å²) in [5.41, 5.74) is 7.88. The molecule has 0 aliphatic rings. The van der Waals surface area contributed by atoms with Gasteiger partial charge < -0.3 is 5.11 Å². The lowest BCUT2D eigenvalue weighted by atomic mass is 9.88. The minimum Gasteiger partial charge on any atom is -0.508 e. The number of phenols is 1. The highest BCUT2D eigenvalue weighted by molar-refractivity contribution is 5.76. The maximum atomic E-state index is 10.9. The molecule has 0 atom stereocenters. The average molecular weight is 349 g/mol. The largest absolute Gasteiger partial charge is 0.508 e. The fourth-order valence-corrected chi connectivity index (χ4v) is 3.43. The Labute approximate surface area is 152 Å². The van der Waals surface area contributed by atoms with Gasteiger partial charge in [0.1, 0.15) is 5.75 Å². The van der Waals surface area contributed by atoms with E-state index in [1.165, 1.54) is 12.1 Å². The van der Waals surface area contributed by atoms with Crippen molar-refractivity contribution in [2.75, 3.05) is 0 Å². The Morgan fingerprint density at radius 1 is 0.846 bits per heavy atom. The summed E-state index contributed by atoms with van der Waals surface area (Å²) in [5.74, 6) is 0.246. The highest BCUT2D eigenvalue weighted by Crippen LogP contribution is 2.35. The zero-order valence-electron chi connectivity index (χ0n) is 15.3. The third kappa shape index (κ3) is 2.92. The SMILES string of the molecule is Cc1c(C)c(-[n+]2ccc([N+](=O)[O-])cc2)c(C)c(C)c1-c1ccc(O)cc1. The van der Waals surface area contributed by atoms with Crippen molar-refractivity contribution >= 4 is 5.69 Å². The van der Waals surface area contributed by atoms with E-state index in [0.29, 0.717) is 0 Å². The summed E-state index contributed by atoms with van der Waals surface area (Å²) in [4.78, 5) is 10.5. The fourth-order valence-electron chi connectivity index (χ4n) is 3.43. The third-order valence-corrected chi connectivity index (χ3v) is 5.02. The molecular weight excluding hydrogens is 328 g/mol. The standard InChI is InChI=1S/C21H20N2O3/c1-13-15(3)21(22-11-9-18(10-12-22)23(25)26)16(4)14(2)20(13)17-5-7-19(24)8-6-17/h5-12H,1-4H3/p+1. The molecule has 5 heteroatoms. The lowest BCUT2D eigenvalue weighted by molar-refractivity contribution is -0.597. The van der Waals surface area contributed by atoms with E-state index < -0.39 is 4.92 Å². The molecule has 1 heterocycles. The Morgan fingerprint density at radius 2 is 1.35 bits per heavy atom. The first-order valence-electron chi connectivity index (χ1n) is 8.37. The second-order valence-electron chi connectivity index (χ2n) is 6.49. The quantitative estimate of drug-likeness (QED) is 0.431. The monoisotopic (exact) mass is 349 g/mol. The molecule has 26 heavy (non-hydrogen) atoms. The summed E-state index contributed by atoms with van der Waals surface area (Å²) in [6.45, 7) is 8.30. The Balaban J connectivity index is 2.20. The van der Waals surface area contributed by atoms with Crippen LogP contribution in [0.1, 0.15) is 22.3 Å². The van der Waals surface area contributed by atoms with Crippen molar-refractivity contribution in [3.05, 3.63) is 81.2 Å². The predicted octanol–water partition coefficient (Wildman–Crippen LogP) is 4.48. The zero-order chi connectivity index (χ0) is 19.0. The molecule has 3 rings (SSSR count). The van der Waals surface area contributed by atoms with Crippen LogP contribution in [0.5, 0.6) is 5.75 Å². The van der Waals surface area contributed by atoms with Gasteiger partial charge in [-0.2, -0.15) is 4.57 Å². The van der Waals surface area contributed by atoms with E-state index in [1.807, 2.05) is 16.7 Å². The molecule has 3 aromatic rings. The van der Waals surface area contributed by atoms with Gasteiger partial charge in [-0.15, -0.1) is 0 Å². The highest BCUT2D eigenvalue weighted by atomic mass is 16.6. The average Bonchev–Trinajstić information content (AvgIpc) is 2.62. The molecule has 5 nitrogen and oxygen atoms in total. The molecular formula is C21H21N2O3+. The van der Waals surface area contributed by atoms with Crippen LogP contribution in [0, 0.1) is 37.8 Å². The first-order chi connectivity index (χ1) is 12.3. The van der Waals surface area contributed by atoms with E-state index in [1.54, 1.807) is 24.5 Å². The smallest absolute Gasteiger partial charge is 0.281 e. The van der Waals surface area contributed by atoms with Gasteiger partial charge in [0, 0.05) is 11.1 Å². The van der Waals surface area contributed by atoms with Crippen LogP contribution in [0.15, 0.2) is 48.8 Å². The number of aromatic hydroxyl groups is 1. The number of hydrogen-bond acceptors (Lipinski definition) is 3. The minimum absolute atomic E-state index is 0.0747. The van der Waals surface area contributed by atoms with Gasteiger partial charge in [-0.3, -0.25) is 10.1 Å². The Kier molecular flexibility index (Phi) is 4.47. The topological polar surface area (TPSA) is 67.2 Å². The normalized spacial score (nSPS) is 10.8. The van der Waals surface area contributed by atoms with Crippen molar-refractivity contribution in [1.29, 1.82) is 0 Å². The van der Waals surface area contributed by atoms with E-state index >= 15 is 0 Å². The summed E-state index contributed by atoms with van der Waals surface area (Å²) in [6, 6.07) is 10.2. The number of phenolic OH excluding ortho intramolecular Hbond substituents is 1. The van der Waals surface area contributed by atoms with E-state index in [4.69, 9.17) is 0 Å². The van der Waals surface area contributed by atoms with Gasteiger partial charge in [-0.25, -0.2) is 0 Å². The number of benzene rings is 2. The summed E-state index contributed by atoms with van der Waals surface area (Å²) >= 11 is 0. The molecule has 0 amide bonds. The van der Waals surface area contributed by atoms with Crippen LogP contribution in [-0.4, -0.2) is 10.0 Å². The van der Waals surface area contributed by atoms with Crippen LogP contribution in [0.3, 0.4) is 0 Å². The number of aromatic nitrogens is 1. The molecule has 0 unspecified atom stereocenters. The van der Waals surface area contributed by atoms with Gasteiger partial charge in [-0.05, 0) is 62.1 Å².